The lowest BCUT2D eigenvalue weighted by molar-refractivity contribution is -0.117. The minimum absolute atomic E-state index is 0.0250. The van der Waals surface area contributed by atoms with E-state index in [9.17, 15) is 9.18 Å². The fourth-order valence-electron chi connectivity index (χ4n) is 1.12. The van der Waals surface area contributed by atoms with Crippen LogP contribution < -0.4 is 5.32 Å². The topological polar surface area (TPSA) is 69.6 Å². The molecule has 1 amide bonds. The molecule has 0 aliphatic rings. The van der Waals surface area contributed by atoms with Gasteiger partial charge in [-0.05, 0) is 23.8 Å². The Kier molecular flexibility index (Phi) is 5.32. The first-order valence-corrected chi connectivity index (χ1v) is 5.12. The maximum absolute atomic E-state index is 12.8. The van der Waals surface area contributed by atoms with Gasteiger partial charge in [0.25, 0.3) is 0 Å². The molecular weight excluding hydrogens is 225 g/mol. The standard InChI is InChI=1S/C12H14FNO3/c13-10-3-1-2-9(6-10)4-5-12(17)14-7-11(16)8-15/h1-6,11,15-16H,7-8H2,(H,14,17). The van der Waals surface area contributed by atoms with E-state index in [0.717, 1.165) is 0 Å². The van der Waals surface area contributed by atoms with Crippen molar-refractivity contribution < 1.29 is 19.4 Å². The third-order valence-corrected chi connectivity index (χ3v) is 2.00. The zero-order valence-electron chi connectivity index (χ0n) is 9.14. The average molecular weight is 239 g/mol. The summed E-state index contributed by atoms with van der Waals surface area (Å²) in [6.07, 6.45) is 1.73. The largest absolute Gasteiger partial charge is 0.394 e. The highest BCUT2D eigenvalue weighted by molar-refractivity contribution is 5.91. The third kappa shape index (κ3) is 5.24. The van der Waals surface area contributed by atoms with E-state index in [1.807, 2.05) is 0 Å². The predicted molar refractivity (Wildman–Crippen MR) is 61.5 cm³/mol. The van der Waals surface area contributed by atoms with Crippen LogP contribution in [0.3, 0.4) is 0 Å². The number of amides is 1. The van der Waals surface area contributed by atoms with Gasteiger partial charge >= 0.3 is 0 Å². The summed E-state index contributed by atoms with van der Waals surface area (Å²) in [5, 5.41) is 19.9. The number of hydrogen-bond acceptors (Lipinski definition) is 3. The molecule has 5 heteroatoms. The second kappa shape index (κ2) is 6.78. The number of carbonyl (C=O) groups is 1. The number of aliphatic hydroxyl groups excluding tert-OH is 2. The maximum atomic E-state index is 12.8. The Labute approximate surface area is 98.4 Å². The van der Waals surface area contributed by atoms with Crippen LogP contribution >= 0.6 is 0 Å². The first-order chi connectivity index (χ1) is 8.11. The number of hydrogen-bond donors (Lipinski definition) is 3. The van der Waals surface area contributed by atoms with Crippen LogP contribution in [0.5, 0.6) is 0 Å². The average Bonchev–Trinajstić information content (AvgIpc) is 2.33. The predicted octanol–water partition coefficient (Wildman–Crippen LogP) is 0.308. The van der Waals surface area contributed by atoms with Crippen LogP contribution in [0.4, 0.5) is 4.39 Å². The zero-order chi connectivity index (χ0) is 12.7. The van der Waals surface area contributed by atoms with E-state index in [1.54, 1.807) is 12.1 Å². The van der Waals surface area contributed by atoms with Gasteiger partial charge in [0.1, 0.15) is 5.82 Å². The van der Waals surface area contributed by atoms with Gasteiger partial charge in [-0.3, -0.25) is 4.79 Å². The number of aliphatic hydroxyl groups is 2. The summed E-state index contributed by atoms with van der Waals surface area (Å²) < 4.78 is 12.8. The van der Waals surface area contributed by atoms with Crippen molar-refractivity contribution in [2.75, 3.05) is 13.2 Å². The smallest absolute Gasteiger partial charge is 0.244 e. The molecule has 0 bridgehead atoms. The fourth-order valence-corrected chi connectivity index (χ4v) is 1.12. The van der Waals surface area contributed by atoms with Gasteiger partial charge in [0, 0.05) is 12.6 Å². The van der Waals surface area contributed by atoms with Crippen LogP contribution in [-0.2, 0) is 4.79 Å². The summed E-state index contributed by atoms with van der Waals surface area (Å²) in [4.78, 5) is 11.2. The molecule has 0 saturated carbocycles. The van der Waals surface area contributed by atoms with Gasteiger partial charge in [-0.2, -0.15) is 0 Å². The second-order valence-electron chi connectivity index (χ2n) is 3.47. The Morgan fingerprint density at radius 3 is 2.94 bits per heavy atom. The van der Waals surface area contributed by atoms with E-state index in [4.69, 9.17) is 10.2 Å². The van der Waals surface area contributed by atoms with E-state index in [-0.39, 0.29) is 12.4 Å². The minimum Gasteiger partial charge on any atom is -0.394 e. The lowest BCUT2D eigenvalue weighted by atomic mass is 10.2. The van der Waals surface area contributed by atoms with E-state index in [2.05, 4.69) is 5.32 Å². The minimum atomic E-state index is -0.971. The van der Waals surface area contributed by atoms with Crippen LogP contribution in [-0.4, -0.2) is 35.4 Å². The highest BCUT2D eigenvalue weighted by atomic mass is 19.1. The fraction of sp³-hybridized carbons (Fsp3) is 0.250. The molecule has 17 heavy (non-hydrogen) atoms. The van der Waals surface area contributed by atoms with E-state index in [1.165, 1.54) is 24.3 Å². The molecule has 1 atom stereocenters. The molecule has 1 aromatic carbocycles. The number of carbonyl (C=O) groups excluding carboxylic acids is 1. The van der Waals surface area contributed by atoms with Crippen LogP contribution in [0.25, 0.3) is 6.08 Å². The molecule has 3 N–H and O–H groups in total. The lowest BCUT2D eigenvalue weighted by Crippen LogP contribution is -2.32. The van der Waals surface area contributed by atoms with Gasteiger partial charge in [0.2, 0.25) is 5.91 Å². The van der Waals surface area contributed by atoms with Crippen molar-refractivity contribution in [3.8, 4) is 0 Å². The van der Waals surface area contributed by atoms with Gasteiger partial charge < -0.3 is 15.5 Å². The molecule has 92 valence electrons. The summed E-state index contributed by atoms with van der Waals surface area (Å²) in [6.45, 7) is -0.434. The van der Waals surface area contributed by atoms with Crippen LogP contribution in [0.15, 0.2) is 30.3 Å². The van der Waals surface area contributed by atoms with Gasteiger partial charge in [-0.1, -0.05) is 12.1 Å². The molecule has 1 rings (SSSR count). The first kappa shape index (κ1) is 13.3. The van der Waals surface area contributed by atoms with Crippen molar-refractivity contribution in [3.63, 3.8) is 0 Å². The van der Waals surface area contributed by atoms with Crippen LogP contribution in [0, 0.1) is 5.82 Å². The lowest BCUT2D eigenvalue weighted by Gasteiger charge is -2.06. The molecule has 1 unspecified atom stereocenters. The molecule has 0 aliphatic carbocycles. The van der Waals surface area contributed by atoms with Crippen molar-refractivity contribution in [1.29, 1.82) is 0 Å². The third-order valence-electron chi connectivity index (χ3n) is 2.00. The maximum Gasteiger partial charge on any atom is 0.244 e. The molecule has 0 spiro atoms. The molecule has 0 radical (unpaired) electrons. The molecule has 0 aliphatic heterocycles. The molecule has 0 saturated heterocycles. The Morgan fingerprint density at radius 2 is 2.29 bits per heavy atom. The van der Waals surface area contributed by atoms with Crippen molar-refractivity contribution >= 4 is 12.0 Å². The number of rotatable bonds is 5. The quantitative estimate of drug-likeness (QED) is 0.648. The van der Waals surface area contributed by atoms with Crippen molar-refractivity contribution in [3.05, 3.63) is 41.7 Å². The highest BCUT2D eigenvalue weighted by Crippen LogP contribution is 2.04. The number of halogens is 1. The highest BCUT2D eigenvalue weighted by Gasteiger charge is 2.02. The Balaban J connectivity index is 2.45. The summed E-state index contributed by atoms with van der Waals surface area (Å²) in [5.74, 6) is -0.787. The SMILES string of the molecule is O=C(C=Cc1cccc(F)c1)NCC(O)CO. The normalized spacial score (nSPS) is 12.6. The summed E-state index contributed by atoms with van der Waals surface area (Å²) >= 11 is 0. The van der Waals surface area contributed by atoms with Crippen LogP contribution in [0.2, 0.25) is 0 Å². The second-order valence-corrected chi connectivity index (χ2v) is 3.47. The van der Waals surface area contributed by atoms with Gasteiger partial charge in [-0.25, -0.2) is 4.39 Å². The Morgan fingerprint density at radius 1 is 1.53 bits per heavy atom. The molecule has 0 aromatic heterocycles. The van der Waals surface area contributed by atoms with Crippen molar-refractivity contribution in [1.82, 2.24) is 5.32 Å². The van der Waals surface area contributed by atoms with Gasteiger partial charge in [0.15, 0.2) is 0 Å². The summed E-state index contributed by atoms with van der Waals surface area (Å²) in [7, 11) is 0. The molecule has 0 heterocycles. The monoisotopic (exact) mass is 239 g/mol. The first-order valence-electron chi connectivity index (χ1n) is 5.12. The molecule has 4 nitrogen and oxygen atoms in total. The number of benzene rings is 1. The van der Waals surface area contributed by atoms with Crippen molar-refractivity contribution in [2.24, 2.45) is 0 Å². The Hall–Kier alpha value is -1.72. The zero-order valence-corrected chi connectivity index (χ0v) is 9.14. The summed E-state index contributed by atoms with van der Waals surface area (Å²) in [5.41, 5.74) is 0.572. The van der Waals surface area contributed by atoms with E-state index in [0.29, 0.717) is 5.56 Å². The van der Waals surface area contributed by atoms with Crippen molar-refractivity contribution in [2.45, 2.75) is 6.10 Å². The van der Waals surface area contributed by atoms with E-state index < -0.39 is 18.6 Å². The Bertz CT molecular complexity index is 406. The molecule has 0 fully saturated rings. The number of nitrogens with one attached hydrogen (secondary N) is 1. The van der Waals surface area contributed by atoms with Gasteiger partial charge in [0.05, 0.1) is 12.7 Å². The molecule has 1 aromatic rings. The summed E-state index contributed by atoms with van der Waals surface area (Å²) in [6, 6.07) is 5.82. The molecular formula is C12H14FNO3. The van der Waals surface area contributed by atoms with Gasteiger partial charge in [-0.15, -0.1) is 0 Å². The van der Waals surface area contributed by atoms with Crippen LogP contribution in [0.1, 0.15) is 5.56 Å². The van der Waals surface area contributed by atoms with E-state index >= 15 is 0 Å².